The van der Waals surface area contributed by atoms with Gasteiger partial charge in [-0.15, -0.1) is 12.4 Å². The Bertz CT molecular complexity index is 461. The summed E-state index contributed by atoms with van der Waals surface area (Å²) in [6, 6.07) is 10.5. The van der Waals surface area contributed by atoms with E-state index >= 15 is 0 Å². The molecule has 0 radical (unpaired) electrons. The SMILES string of the molecule is CC1(C)OB([C@@](C)(N)CCCc2ccccc2)OC1(C)C.Cl. The highest BCUT2D eigenvalue weighted by Gasteiger charge is 2.56. The standard InChI is InChI=1S/C17H28BNO2.ClH/c1-15(2)16(3,4)21-18(20-15)17(5,19)13-9-12-14-10-7-6-8-11-14;/h6-8,10-11H,9,12-13,19H2,1-5H3;1H/t17-;/m0./s1. The highest BCUT2D eigenvalue weighted by molar-refractivity contribution is 6.49. The number of halogens is 1. The molecule has 0 aliphatic carbocycles. The van der Waals surface area contributed by atoms with Crippen molar-refractivity contribution >= 4 is 19.5 Å². The fourth-order valence-electron chi connectivity index (χ4n) is 2.55. The number of hydrogen-bond acceptors (Lipinski definition) is 3. The van der Waals surface area contributed by atoms with Crippen LogP contribution in [0.1, 0.15) is 53.0 Å². The number of nitrogens with two attached hydrogens (primary N) is 1. The second-order valence-corrected chi connectivity index (χ2v) is 7.43. The molecule has 124 valence electrons. The quantitative estimate of drug-likeness (QED) is 0.838. The molecule has 1 heterocycles. The van der Waals surface area contributed by atoms with Crippen molar-refractivity contribution in [2.75, 3.05) is 0 Å². The zero-order valence-corrected chi connectivity index (χ0v) is 15.2. The van der Waals surface area contributed by atoms with E-state index in [1.54, 1.807) is 0 Å². The lowest BCUT2D eigenvalue weighted by Crippen LogP contribution is -2.53. The van der Waals surface area contributed by atoms with Crippen LogP contribution in [-0.4, -0.2) is 23.8 Å². The van der Waals surface area contributed by atoms with Gasteiger partial charge in [-0.2, -0.15) is 0 Å². The van der Waals surface area contributed by atoms with Gasteiger partial charge in [-0.25, -0.2) is 0 Å². The minimum absolute atomic E-state index is 0. The Morgan fingerprint density at radius 1 is 1.05 bits per heavy atom. The van der Waals surface area contributed by atoms with E-state index in [0.29, 0.717) is 0 Å². The first-order valence-electron chi connectivity index (χ1n) is 7.82. The van der Waals surface area contributed by atoms with E-state index in [2.05, 4.69) is 52.0 Å². The summed E-state index contributed by atoms with van der Waals surface area (Å²) < 4.78 is 12.2. The normalized spacial score (nSPS) is 22.0. The lowest BCUT2D eigenvalue weighted by atomic mass is 9.63. The second-order valence-electron chi connectivity index (χ2n) is 7.43. The van der Waals surface area contributed by atoms with Gasteiger partial charge < -0.3 is 15.0 Å². The zero-order chi connectivity index (χ0) is 15.7. The van der Waals surface area contributed by atoms with Crippen molar-refractivity contribution in [1.82, 2.24) is 0 Å². The Balaban J connectivity index is 0.00000242. The Morgan fingerprint density at radius 2 is 1.55 bits per heavy atom. The van der Waals surface area contributed by atoms with Crippen molar-refractivity contribution < 1.29 is 9.31 Å². The average Bonchev–Trinajstić information content (AvgIpc) is 2.60. The molecule has 0 amide bonds. The van der Waals surface area contributed by atoms with Crippen LogP contribution in [-0.2, 0) is 15.7 Å². The molecule has 0 aromatic heterocycles. The second kappa shape index (κ2) is 6.92. The van der Waals surface area contributed by atoms with Crippen LogP contribution in [0.4, 0.5) is 0 Å². The van der Waals surface area contributed by atoms with Gasteiger partial charge in [0.05, 0.1) is 11.2 Å². The van der Waals surface area contributed by atoms with Gasteiger partial charge in [-0.3, -0.25) is 0 Å². The fraction of sp³-hybridized carbons (Fsp3) is 0.647. The van der Waals surface area contributed by atoms with Gasteiger partial charge in [0.1, 0.15) is 0 Å². The fourth-order valence-corrected chi connectivity index (χ4v) is 2.55. The maximum absolute atomic E-state index is 6.48. The molecule has 3 nitrogen and oxygen atoms in total. The summed E-state index contributed by atoms with van der Waals surface area (Å²) in [7, 11) is -0.349. The Hall–Kier alpha value is -0.545. The van der Waals surface area contributed by atoms with Gasteiger partial charge >= 0.3 is 7.12 Å². The smallest absolute Gasteiger partial charge is 0.402 e. The summed E-state index contributed by atoms with van der Waals surface area (Å²) in [5, 5.41) is 0. The lowest BCUT2D eigenvalue weighted by molar-refractivity contribution is 0.00578. The lowest BCUT2D eigenvalue weighted by Gasteiger charge is -2.32. The largest absolute Gasteiger partial charge is 0.478 e. The first kappa shape index (κ1) is 19.5. The van der Waals surface area contributed by atoms with Crippen molar-refractivity contribution in [3.05, 3.63) is 35.9 Å². The van der Waals surface area contributed by atoms with Gasteiger partial charge in [-0.1, -0.05) is 30.3 Å². The number of rotatable bonds is 5. The van der Waals surface area contributed by atoms with Crippen LogP contribution in [0.3, 0.4) is 0 Å². The molecule has 1 aliphatic rings. The molecule has 1 saturated heterocycles. The monoisotopic (exact) mass is 325 g/mol. The van der Waals surface area contributed by atoms with Gasteiger partial charge in [0, 0.05) is 5.44 Å². The van der Waals surface area contributed by atoms with Gasteiger partial charge in [0.25, 0.3) is 0 Å². The number of hydrogen-bond donors (Lipinski definition) is 1. The average molecular weight is 326 g/mol. The number of benzene rings is 1. The summed E-state index contributed by atoms with van der Waals surface area (Å²) in [6.45, 7) is 10.3. The highest BCUT2D eigenvalue weighted by Crippen LogP contribution is 2.39. The Kier molecular flexibility index (Phi) is 6.13. The molecule has 1 aromatic rings. The first-order valence-corrected chi connectivity index (χ1v) is 7.82. The first-order chi connectivity index (χ1) is 9.64. The predicted molar refractivity (Wildman–Crippen MR) is 95.3 cm³/mol. The maximum Gasteiger partial charge on any atom is 0.478 e. The van der Waals surface area contributed by atoms with Gasteiger partial charge in [-0.05, 0) is 59.4 Å². The van der Waals surface area contributed by atoms with Crippen molar-refractivity contribution in [3.8, 4) is 0 Å². The Labute approximate surface area is 141 Å². The van der Waals surface area contributed by atoms with Gasteiger partial charge in [0.15, 0.2) is 0 Å². The predicted octanol–water partition coefficient (Wildman–Crippen LogP) is 3.78. The van der Waals surface area contributed by atoms with Crippen molar-refractivity contribution in [2.24, 2.45) is 5.73 Å². The third-order valence-electron chi connectivity index (χ3n) is 4.82. The van der Waals surface area contributed by atoms with Crippen LogP contribution in [0.5, 0.6) is 0 Å². The third kappa shape index (κ3) is 4.26. The summed E-state index contributed by atoms with van der Waals surface area (Å²) in [5.74, 6) is 0. The van der Waals surface area contributed by atoms with Crippen molar-refractivity contribution in [3.63, 3.8) is 0 Å². The van der Waals surface area contributed by atoms with E-state index in [-0.39, 0.29) is 30.7 Å². The molecule has 0 saturated carbocycles. The zero-order valence-electron chi connectivity index (χ0n) is 14.4. The molecule has 0 spiro atoms. The van der Waals surface area contributed by atoms with Crippen LogP contribution in [0.15, 0.2) is 30.3 Å². The van der Waals surface area contributed by atoms with E-state index in [0.717, 1.165) is 19.3 Å². The van der Waals surface area contributed by atoms with E-state index in [1.165, 1.54) is 5.56 Å². The minimum Gasteiger partial charge on any atom is -0.402 e. The Morgan fingerprint density at radius 3 is 2.05 bits per heavy atom. The molecule has 0 unspecified atom stereocenters. The number of aryl methyl sites for hydroxylation is 1. The molecule has 1 atom stereocenters. The molecule has 0 bridgehead atoms. The molecular formula is C17H29BClNO2. The van der Waals surface area contributed by atoms with Crippen molar-refractivity contribution in [1.29, 1.82) is 0 Å². The summed E-state index contributed by atoms with van der Waals surface area (Å²) >= 11 is 0. The van der Waals surface area contributed by atoms with E-state index in [1.807, 2.05) is 13.0 Å². The van der Waals surface area contributed by atoms with Gasteiger partial charge in [0.2, 0.25) is 0 Å². The van der Waals surface area contributed by atoms with Crippen LogP contribution >= 0.6 is 12.4 Å². The molecule has 2 N–H and O–H groups in total. The molecule has 5 heteroatoms. The molecule has 1 fully saturated rings. The molecule has 1 aliphatic heterocycles. The van der Waals surface area contributed by atoms with Crippen LogP contribution in [0.2, 0.25) is 0 Å². The summed E-state index contributed by atoms with van der Waals surface area (Å²) in [6.07, 6.45) is 2.94. The van der Waals surface area contributed by atoms with Crippen LogP contribution in [0.25, 0.3) is 0 Å². The van der Waals surface area contributed by atoms with E-state index in [4.69, 9.17) is 15.0 Å². The van der Waals surface area contributed by atoms with Crippen molar-refractivity contribution in [2.45, 2.75) is 70.5 Å². The molecule has 2 rings (SSSR count). The minimum atomic E-state index is -0.472. The van der Waals surface area contributed by atoms with Crippen LogP contribution < -0.4 is 5.73 Å². The van der Waals surface area contributed by atoms with Crippen LogP contribution in [0, 0.1) is 0 Å². The summed E-state index contributed by atoms with van der Waals surface area (Å²) in [4.78, 5) is 0. The maximum atomic E-state index is 6.48. The topological polar surface area (TPSA) is 44.5 Å². The van der Waals surface area contributed by atoms with E-state index < -0.39 is 5.44 Å². The molecule has 22 heavy (non-hydrogen) atoms. The molecule has 1 aromatic carbocycles. The third-order valence-corrected chi connectivity index (χ3v) is 4.82. The van der Waals surface area contributed by atoms with E-state index in [9.17, 15) is 0 Å². The highest BCUT2D eigenvalue weighted by atomic mass is 35.5. The summed E-state index contributed by atoms with van der Waals surface area (Å²) in [5.41, 5.74) is 6.71. The molecular weight excluding hydrogens is 296 g/mol.